The van der Waals surface area contributed by atoms with Crippen LogP contribution in [0.25, 0.3) is 0 Å². The molecule has 102 valence electrons. The average Bonchev–Trinajstić information content (AvgIpc) is 2.29. The number of urea groups is 1. The predicted molar refractivity (Wildman–Crippen MR) is 75.5 cm³/mol. The van der Waals surface area contributed by atoms with Crippen molar-refractivity contribution in [1.82, 2.24) is 5.32 Å². The van der Waals surface area contributed by atoms with Crippen LogP contribution in [0, 0.1) is 5.92 Å². The standard InChI is InChI=1S/C13H15BrN2O3/c14-10-6-2-5-9(12(17)18)11(10)16-13(19)15-7-8-3-1-4-8/h2,5-6,8H,1,3-4,7H2,(H,17,18)(H2,15,16,19). The number of nitrogens with one attached hydrogen (secondary N) is 2. The van der Waals surface area contributed by atoms with Crippen LogP contribution in [0.4, 0.5) is 10.5 Å². The van der Waals surface area contributed by atoms with Crippen molar-refractivity contribution in [3.63, 3.8) is 0 Å². The molecule has 0 radical (unpaired) electrons. The molecule has 6 heteroatoms. The van der Waals surface area contributed by atoms with Crippen molar-refractivity contribution in [2.75, 3.05) is 11.9 Å². The summed E-state index contributed by atoms with van der Waals surface area (Å²) in [6.45, 7) is 0.638. The molecule has 0 atom stereocenters. The highest BCUT2D eigenvalue weighted by Crippen LogP contribution is 2.27. The average molecular weight is 327 g/mol. The van der Waals surface area contributed by atoms with E-state index in [2.05, 4.69) is 26.6 Å². The number of para-hydroxylation sites is 1. The highest BCUT2D eigenvalue weighted by atomic mass is 79.9. The lowest BCUT2D eigenvalue weighted by Crippen LogP contribution is -2.35. The molecule has 5 nitrogen and oxygen atoms in total. The number of carboxylic acids is 1. The molecular weight excluding hydrogens is 312 g/mol. The molecule has 0 heterocycles. The molecule has 2 rings (SSSR count). The normalized spacial score (nSPS) is 14.6. The molecule has 0 saturated heterocycles. The lowest BCUT2D eigenvalue weighted by atomic mass is 9.85. The quantitative estimate of drug-likeness (QED) is 0.795. The van der Waals surface area contributed by atoms with Crippen LogP contribution >= 0.6 is 15.9 Å². The van der Waals surface area contributed by atoms with Gasteiger partial charge in [-0.3, -0.25) is 0 Å². The minimum Gasteiger partial charge on any atom is -0.478 e. The summed E-state index contributed by atoms with van der Waals surface area (Å²) in [7, 11) is 0. The first kappa shape index (κ1) is 13.9. The van der Waals surface area contributed by atoms with E-state index in [4.69, 9.17) is 5.11 Å². The van der Waals surface area contributed by atoms with Gasteiger partial charge in [0.15, 0.2) is 0 Å². The van der Waals surface area contributed by atoms with E-state index in [-0.39, 0.29) is 17.3 Å². The summed E-state index contributed by atoms with van der Waals surface area (Å²) in [6, 6.07) is 4.38. The second kappa shape index (κ2) is 6.06. The summed E-state index contributed by atoms with van der Waals surface area (Å²) in [4.78, 5) is 22.8. The van der Waals surface area contributed by atoms with Crippen LogP contribution in [0.2, 0.25) is 0 Å². The first-order valence-corrected chi connectivity index (χ1v) is 6.94. The van der Waals surface area contributed by atoms with Gasteiger partial charge in [0.2, 0.25) is 0 Å². The maximum absolute atomic E-state index is 11.7. The third kappa shape index (κ3) is 3.47. The topological polar surface area (TPSA) is 78.4 Å². The Morgan fingerprint density at radius 2 is 2.11 bits per heavy atom. The first-order valence-electron chi connectivity index (χ1n) is 6.14. The Hall–Kier alpha value is -1.56. The van der Waals surface area contributed by atoms with Crippen molar-refractivity contribution in [3.05, 3.63) is 28.2 Å². The number of rotatable bonds is 4. The molecule has 0 aliphatic heterocycles. The molecule has 0 bridgehead atoms. The van der Waals surface area contributed by atoms with Crippen molar-refractivity contribution < 1.29 is 14.7 Å². The van der Waals surface area contributed by atoms with E-state index >= 15 is 0 Å². The molecule has 1 fully saturated rings. The lowest BCUT2D eigenvalue weighted by Gasteiger charge is -2.25. The zero-order chi connectivity index (χ0) is 13.8. The predicted octanol–water partition coefficient (Wildman–Crippen LogP) is 3.07. The fraction of sp³-hybridized carbons (Fsp3) is 0.385. The molecule has 1 aliphatic carbocycles. The third-order valence-electron chi connectivity index (χ3n) is 3.26. The molecular formula is C13H15BrN2O3. The van der Waals surface area contributed by atoms with Gasteiger partial charge in [-0.05, 0) is 46.8 Å². The van der Waals surface area contributed by atoms with Crippen LogP contribution in [0.5, 0.6) is 0 Å². The van der Waals surface area contributed by atoms with Crippen LogP contribution < -0.4 is 10.6 Å². The molecule has 0 unspecified atom stereocenters. The Bertz CT molecular complexity index is 501. The van der Waals surface area contributed by atoms with Gasteiger partial charge in [0.25, 0.3) is 0 Å². The number of carbonyl (C=O) groups is 2. The molecule has 1 aromatic rings. The monoisotopic (exact) mass is 326 g/mol. The van der Waals surface area contributed by atoms with Crippen molar-refractivity contribution in [1.29, 1.82) is 0 Å². The number of anilines is 1. The summed E-state index contributed by atoms with van der Waals surface area (Å²) in [5.41, 5.74) is 0.342. The number of aromatic carboxylic acids is 1. The Labute approximate surface area is 119 Å². The Morgan fingerprint density at radius 3 is 2.68 bits per heavy atom. The molecule has 0 aromatic heterocycles. The highest BCUT2D eigenvalue weighted by molar-refractivity contribution is 9.10. The van der Waals surface area contributed by atoms with E-state index in [0.29, 0.717) is 16.9 Å². The van der Waals surface area contributed by atoms with E-state index in [1.165, 1.54) is 12.5 Å². The molecule has 3 N–H and O–H groups in total. The summed E-state index contributed by atoms with van der Waals surface area (Å²) >= 11 is 3.24. The summed E-state index contributed by atoms with van der Waals surface area (Å²) in [5, 5.41) is 14.4. The number of halogens is 1. The molecule has 1 aromatic carbocycles. The van der Waals surface area contributed by atoms with E-state index < -0.39 is 5.97 Å². The largest absolute Gasteiger partial charge is 0.478 e. The molecule has 1 saturated carbocycles. The molecule has 19 heavy (non-hydrogen) atoms. The SMILES string of the molecule is O=C(NCC1CCC1)Nc1c(Br)cccc1C(=O)O. The molecule has 0 spiro atoms. The van der Waals surface area contributed by atoms with Gasteiger partial charge in [-0.25, -0.2) is 9.59 Å². The van der Waals surface area contributed by atoms with Crippen molar-refractivity contribution in [2.45, 2.75) is 19.3 Å². The second-order valence-corrected chi connectivity index (χ2v) is 5.45. The van der Waals surface area contributed by atoms with Crippen molar-refractivity contribution in [2.24, 2.45) is 5.92 Å². The minimum atomic E-state index is -1.07. The van der Waals surface area contributed by atoms with Gasteiger partial charge in [0, 0.05) is 11.0 Å². The van der Waals surface area contributed by atoms with Gasteiger partial charge in [0.05, 0.1) is 11.3 Å². The van der Waals surface area contributed by atoms with E-state index in [0.717, 1.165) is 12.8 Å². The third-order valence-corrected chi connectivity index (χ3v) is 3.92. The van der Waals surface area contributed by atoms with Gasteiger partial charge in [-0.1, -0.05) is 12.5 Å². The summed E-state index contributed by atoms with van der Waals surface area (Å²) in [6.07, 6.45) is 3.52. The Kier molecular flexibility index (Phi) is 4.42. The fourth-order valence-electron chi connectivity index (χ4n) is 1.92. The summed E-state index contributed by atoms with van der Waals surface area (Å²) in [5.74, 6) is -0.514. The van der Waals surface area contributed by atoms with E-state index in [1.54, 1.807) is 12.1 Å². The fourth-order valence-corrected chi connectivity index (χ4v) is 2.39. The first-order chi connectivity index (χ1) is 9.08. The van der Waals surface area contributed by atoms with Crippen molar-refractivity contribution >= 4 is 33.6 Å². The number of benzene rings is 1. The molecule has 2 amide bonds. The zero-order valence-electron chi connectivity index (χ0n) is 10.3. The van der Waals surface area contributed by atoms with E-state index in [9.17, 15) is 9.59 Å². The number of carbonyl (C=O) groups excluding carboxylic acids is 1. The zero-order valence-corrected chi connectivity index (χ0v) is 11.9. The maximum Gasteiger partial charge on any atom is 0.337 e. The van der Waals surface area contributed by atoms with Gasteiger partial charge in [-0.2, -0.15) is 0 Å². The number of hydrogen-bond acceptors (Lipinski definition) is 2. The number of carboxylic acid groups (broad SMARTS) is 1. The van der Waals surface area contributed by atoms with Gasteiger partial charge in [-0.15, -0.1) is 0 Å². The van der Waals surface area contributed by atoms with Crippen LogP contribution in [-0.4, -0.2) is 23.7 Å². The highest BCUT2D eigenvalue weighted by Gasteiger charge is 2.19. The van der Waals surface area contributed by atoms with Gasteiger partial charge >= 0.3 is 12.0 Å². The number of hydrogen-bond donors (Lipinski definition) is 3. The Balaban J connectivity index is 2.00. The van der Waals surface area contributed by atoms with Crippen molar-refractivity contribution in [3.8, 4) is 0 Å². The lowest BCUT2D eigenvalue weighted by molar-refractivity contribution is 0.0698. The molecule has 1 aliphatic rings. The minimum absolute atomic E-state index is 0.0631. The van der Waals surface area contributed by atoms with Gasteiger partial charge < -0.3 is 15.7 Å². The Morgan fingerprint density at radius 1 is 1.37 bits per heavy atom. The maximum atomic E-state index is 11.7. The van der Waals surface area contributed by atoms with Gasteiger partial charge in [0.1, 0.15) is 0 Å². The number of amides is 2. The van der Waals surface area contributed by atoms with E-state index in [1.807, 2.05) is 0 Å². The van der Waals surface area contributed by atoms with Crippen LogP contribution in [0.3, 0.4) is 0 Å². The second-order valence-electron chi connectivity index (χ2n) is 4.60. The van der Waals surface area contributed by atoms with Crippen LogP contribution in [0.15, 0.2) is 22.7 Å². The smallest absolute Gasteiger partial charge is 0.337 e. The van der Waals surface area contributed by atoms with Crippen LogP contribution in [-0.2, 0) is 0 Å². The van der Waals surface area contributed by atoms with Crippen LogP contribution in [0.1, 0.15) is 29.6 Å². The summed E-state index contributed by atoms with van der Waals surface area (Å²) < 4.78 is 0.547.